The number of benzene rings is 1. The average molecular weight is 177 g/mol. The Bertz CT molecular complexity index is 306. The summed E-state index contributed by atoms with van der Waals surface area (Å²) >= 11 is 0. The minimum atomic E-state index is -0.969. The Labute approximate surface area is 76.7 Å². The Hall–Kier alpha value is -1.77. The van der Waals surface area contributed by atoms with E-state index in [1.807, 2.05) is 30.3 Å². The van der Waals surface area contributed by atoms with Crippen molar-refractivity contribution in [2.45, 2.75) is 0 Å². The first-order valence-electron chi connectivity index (χ1n) is 3.90. The molecule has 0 saturated heterocycles. The summed E-state index contributed by atoms with van der Waals surface area (Å²) in [7, 11) is 0. The Morgan fingerprint density at radius 3 is 2.54 bits per heavy atom. The second-order valence-corrected chi connectivity index (χ2v) is 2.63. The Morgan fingerprint density at radius 1 is 1.38 bits per heavy atom. The predicted molar refractivity (Wildman–Crippen MR) is 51.7 cm³/mol. The summed E-state index contributed by atoms with van der Waals surface area (Å²) in [6.07, 6.45) is 0. The molecule has 3 heteroatoms. The molecule has 0 heterocycles. The van der Waals surface area contributed by atoms with Gasteiger partial charge in [0.1, 0.15) is 0 Å². The first-order valence-corrected chi connectivity index (χ1v) is 3.90. The van der Waals surface area contributed by atoms with Gasteiger partial charge in [0.15, 0.2) is 0 Å². The van der Waals surface area contributed by atoms with Crippen LogP contribution in [-0.2, 0) is 4.79 Å². The molecular weight excluding hydrogens is 166 g/mol. The summed E-state index contributed by atoms with van der Waals surface area (Å²) < 4.78 is 0. The van der Waals surface area contributed by atoms with Crippen molar-refractivity contribution in [3.8, 4) is 0 Å². The number of hydrogen-bond acceptors (Lipinski definition) is 2. The van der Waals surface area contributed by atoms with E-state index in [4.69, 9.17) is 5.11 Å². The molecule has 1 aromatic carbocycles. The van der Waals surface area contributed by atoms with E-state index in [1.54, 1.807) is 0 Å². The highest BCUT2D eigenvalue weighted by atomic mass is 16.4. The maximum Gasteiger partial charge on any atom is 0.332 e. The number of nitrogens with one attached hydrogen (secondary N) is 1. The van der Waals surface area contributed by atoms with E-state index in [2.05, 4.69) is 11.9 Å². The molecule has 0 amide bonds. The summed E-state index contributed by atoms with van der Waals surface area (Å²) in [4.78, 5) is 10.4. The second-order valence-electron chi connectivity index (χ2n) is 2.63. The van der Waals surface area contributed by atoms with Gasteiger partial charge in [0.2, 0.25) is 0 Å². The molecule has 3 nitrogen and oxygen atoms in total. The topological polar surface area (TPSA) is 49.3 Å². The van der Waals surface area contributed by atoms with Crippen molar-refractivity contribution in [2.75, 3.05) is 11.9 Å². The maximum atomic E-state index is 10.4. The molecule has 0 aliphatic carbocycles. The van der Waals surface area contributed by atoms with Crippen LogP contribution in [0.2, 0.25) is 0 Å². The normalized spacial score (nSPS) is 9.23. The fraction of sp³-hybridized carbons (Fsp3) is 0.100. The van der Waals surface area contributed by atoms with Gasteiger partial charge < -0.3 is 10.4 Å². The fourth-order valence-electron chi connectivity index (χ4n) is 0.840. The molecule has 2 N–H and O–H groups in total. The molecule has 0 atom stereocenters. The minimum absolute atomic E-state index is 0.156. The van der Waals surface area contributed by atoms with Crippen LogP contribution in [0.4, 0.5) is 5.69 Å². The van der Waals surface area contributed by atoms with E-state index < -0.39 is 5.97 Å². The third-order valence-electron chi connectivity index (χ3n) is 1.58. The third kappa shape index (κ3) is 2.99. The van der Waals surface area contributed by atoms with Crippen LogP contribution in [-0.4, -0.2) is 17.6 Å². The lowest BCUT2D eigenvalue weighted by Gasteiger charge is -2.04. The molecule has 0 aliphatic heterocycles. The van der Waals surface area contributed by atoms with Crippen molar-refractivity contribution in [2.24, 2.45) is 0 Å². The lowest BCUT2D eigenvalue weighted by molar-refractivity contribution is -0.132. The van der Waals surface area contributed by atoms with Gasteiger partial charge >= 0.3 is 5.97 Å². The van der Waals surface area contributed by atoms with Crippen LogP contribution < -0.4 is 5.32 Å². The summed E-state index contributed by atoms with van der Waals surface area (Å²) in [5, 5.41) is 11.5. The standard InChI is InChI=1S/C10H11NO2/c1-8(10(12)13)7-11-9-5-3-2-4-6-9/h2-6,11H,1,7H2,(H,12,13). The van der Waals surface area contributed by atoms with E-state index >= 15 is 0 Å². The van der Waals surface area contributed by atoms with Crippen molar-refractivity contribution in [3.05, 3.63) is 42.5 Å². The van der Waals surface area contributed by atoms with Crippen LogP contribution in [0.15, 0.2) is 42.5 Å². The van der Waals surface area contributed by atoms with Crippen molar-refractivity contribution in [1.82, 2.24) is 0 Å². The van der Waals surface area contributed by atoms with Crippen molar-refractivity contribution < 1.29 is 9.90 Å². The fourth-order valence-corrected chi connectivity index (χ4v) is 0.840. The number of anilines is 1. The summed E-state index contributed by atoms with van der Waals surface area (Å²) in [6.45, 7) is 3.67. The molecule has 0 fully saturated rings. The molecule has 1 rings (SSSR count). The zero-order valence-corrected chi connectivity index (χ0v) is 7.16. The maximum absolute atomic E-state index is 10.4. The molecule has 0 bridgehead atoms. The monoisotopic (exact) mass is 177 g/mol. The highest BCUT2D eigenvalue weighted by Gasteiger charge is 2.01. The molecule has 68 valence electrons. The highest BCUT2D eigenvalue weighted by molar-refractivity contribution is 5.86. The molecule has 0 saturated carbocycles. The number of carboxylic acid groups (broad SMARTS) is 1. The lowest BCUT2D eigenvalue weighted by Crippen LogP contribution is -2.10. The van der Waals surface area contributed by atoms with Gasteiger partial charge in [-0.05, 0) is 12.1 Å². The number of aliphatic carboxylic acids is 1. The summed E-state index contributed by atoms with van der Waals surface area (Å²) in [5.74, 6) is -0.969. The zero-order chi connectivity index (χ0) is 9.68. The predicted octanol–water partition coefficient (Wildman–Crippen LogP) is 1.74. The van der Waals surface area contributed by atoms with E-state index in [1.165, 1.54) is 0 Å². The van der Waals surface area contributed by atoms with E-state index in [9.17, 15) is 4.79 Å². The van der Waals surface area contributed by atoms with Crippen LogP contribution in [0, 0.1) is 0 Å². The molecule has 1 aromatic rings. The number of para-hydroxylation sites is 1. The number of carboxylic acids is 1. The third-order valence-corrected chi connectivity index (χ3v) is 1.58. The van der Waals surface area contributed by atoms with Crippen LogP contribution >= 0.6 is 0 Å². The first-order chi connectivity index (χ1) is 6.20. The van der Waals surface area contributed by atoms with Crippen molar-refractivity contribution in [3.63, 3.8) is 0 Å². The smallest absolute Gasteiger partial charge is 0.332 e. The molecule has 13 heavy (non-hydrogen) atoms. The number of rotatable bonds is 4. The average Bonchev–Trinajstić information content (AvgIpc) is 2.15. The Kier molecular flexibility index (Phi) is 3.09. The van der Waals surface area contributed by atoms with Crippen LogP contribution in [0.5, 0.6) is 0 Å². The van der Waals surface area contributed by atoms with Crippen LogP contribution in [0.25, 0.3) is 0 Å². The van der Waals surface area contributed by atoms with Gasteiger partial charge in [0.05, 0.1) is 0 Å². The van der Waals surface area contributed by atoms with E-state index in [0.29, 0.717) is 0 Å². The molecular formula is C10H11NO2. The SMILES string of the molecule is C=C(CNc1ccccc1)C(=O)O. The minimum Gasteiger partial charge on any atom is -0.478 e. The quantitative estimate of drug-likeness (QED) is 0.689. The van der Waals surface area contributed by atoms with Gasteiger partial charge in [-0.2, -0.15) is 0 Å². The summed E-state index contributed by atoms with van der Waals surface area (Å²) in [6, 6.07) is 9.40. The first kappa shape index (κ1) is 9.32. The largest absolute Gasteiger partial charge is 0.478 e. The lowest BCUT2D eigenvalue weighted by atomic mass is 10.3. The number of carbonyl (C=O) groups is 1. The van der Waals surface area contributed by atoms with Crippen molar-refractivity contribution in [1.29, 1.82) is 0 Å². The number of hydrogen-bond donors (Lipinski definition) is 2. The second kappa shape index (κ2) is 4.30. The van der Waals surface area contributed by atoms with Gasteiger partial charge in [-0.3, -0.25) is 0 Å². The summed E-state index contributed by atoms with van der Waals surface area (Å²) in [5.41, 5.74) is 1.05. The van der Waals surface area contributed by atoms with E-state index in [-0.39, 0.29) is 12.1 Å². The van der Waals surface area contributed by atoms with Gasteiger partial charge in [-0.15, -0.1) is 0 Å². The van der Waals surface area contributed by atoms with Gasteiger partial charge in [0.25, 0.3) is 0 Å². The molecule has 0 radical (unpaired) electrons. The molecule has 0 aromatic heterocycles. The molecule has 0 spiro atoms. The van der Waals surface area contributed by atoms with Crippen LogP contribution in [0.3, 0.4) is 0 Å². The molecule has 0 unspecified atom stereocenters. The van der Waals surface area contributed by atoms with Gasteiger partial charge in [0, 0.05) is 17.8 Å². The highest BCUT2D eigenvalue weighted by Crippen LogP contribution is 2.05. The Morgan fingerprint density at radius 2 is 2.00 bits per heavy atom. The van der Waals surface area contributed by atoms with Crippen molar-refractivity contribution >= 4 is 11.7 Å². The van der Waals surface area contributed by atoms with Gasteiger partial charge in [-0.1, -0.05) is 24.8 Å². The zero-order valence-electron chi connectivity index (χ0n) is 7.16. The van der Waals surface area contributed by atoms with Crippen LogP contribution in [0.1, 0.15) is 0 Å². The van der Waals surface area contributed by atoms with E-state index in [0.717, 1.165) is 5.69 Å². The molecule has 0 aliphatic rings. The Balaban J connectivity index is 2.44. The van der Waals surface area contributed by atoms with Gasteiger partial charge in [-0.25, -0.2) is 4.79 Å².